The molecule has 6 aromatic carbocycles. The predicted octanol–water partition coefficient (Wildman–Crippen LogP) is 12.1. The molecular formula is C50H32N6. The van der Waals surface area contributed by atoms with Gasteiger partial charge in [-0.15, -0.1) is 0 Å². The fraction of sp³-hybridized carbons (Fsp3) is 0. The maximum atomic E-state index is 5.12. The van der Waals surface area contributed by atoms with Gasteiger partial charge in [-0.3, -0.25) is 14.5 Å². The van der Waals surface area contributed by atoms with E-state index < -0.39 is 0 Å². The van der Waals surface area contributed by atoms with Gasteiger partial charge in [0.2, 0.25) is 5.95 Å². The van der Waals surface area contributed by atoms with Crippen LogP contribution < -0.4 is 0 Å². The van der Waals surface area contributed by atoms with E-state index in [-0.39, 0.29) is 0 Å². The smallest absolute Gasteiger partial charge is 0.235 e. The Morgan fingerprint density at radius 2 is 0.768 bits per heavy atom. The molecule has 56 heavy (non-hydrogen) atoms. The van der Waals surface area contributed by atoms with Crippen molar-refractivity contribution in [3.8, 4) is 56.7 Å². The van der Waals surface area contributed by atoms with Crippen molar-refractivity contribution in [2.75, 3.05) is 0 Å². The highest BCUT2D eigenvalue weighted by Crippen LogP contribution is 2.38. The van der Waals surface area contributed by atoms with E-state index in [9.17, 15) is 0 Å². The molecular weight excluding hydrogens is 685 g/mol. The molecule has 11 aromatic rings. The maximum absolute atomic E-state index is 5.12. The first-order chi connectivity index (χ1) is 27.8. The fourth-order valence-electron chi connectivity index (χ4n) is 8.06. The molecule has 0 aliphatic carbocycles. The van der Waals surface area contributed by atoms with Crippen LogP contribution in [-0.2, 0) is 0 Å². The highest BCUT2D eigenvalue weighted by Gasteiger charge is 2.19. The molecule has 0 saturated carbocycles. The zero-order valence-electron chi connectivity index (χ0n) is 30.2. The van der Waals surface area contributed by atoms with Crippen LogP contribution in [0.4, 0.5) is 0 Å². The zero-order valence-corrected chi connectivity index (χ0v) is 30.2. The van der Waals surface area contributed by atoms with Crippen molar-refractivity contribution in [2.24, 2.45) is 0 Å². The minimum atomic E-state index is 0.568. The van der Waals surface area contributed by atoms with Crippen LogP contribution >= 0.6 is 0 Å². The molecule has 0 amide bonds. The molecule has 0 bridgehead atoms. The molecule has 0 N–H and O–H groups in total. The van der Waals surface area contributed by atoms with Gasteiger partial charge in [0.15, 0.2) is 0 Å². The highest BCUT2D eigenvalue weighted by molar-refractivity contribution is 6.12. The van der Waals surface area contributed by atoms with Crippen LogP contribution in [0.25, 0.3) is 100 Å². The lowest BCUT2D eigenvalue weighted by atomic mass is 10.0. The van der Waals surface area contributed by atoms with Crippen LogP contribution in [0.3, 0.4) is 0 Å². The fourth-order valence-corrected chi connectivity index (χ4v) is 8.06. The third-order valence-electron chi connectivity index (χ3n) is 10.7. The molecule has 0 radical (unpaired) electrons. The topological polar surface area (TPSA) is 61.4 Å². The molecule has 5 heterocycles. The number of nitrogens with zero attached hydrogens (tertiary/aromatic N) is 6. The summed E-state index contributed by atoms with van der Waals surface area (Å²) in [4.78, 5) is 19.5. The van der Waals surface area contributed by atoms with Gasteiger partial charge in [0.25, 0.3) is 0 Å². The number of benzene rings is 6. The number of para-hydroxylation sites is 2. The van der Waals surface area contributed by atoms with E-state index in [2.05, 4.69) is 159 Å². The first-order valence-electron chi connectivity index (χ1n) is 18.7. The largest absolute Gasteiger partial charge is 0.309 e. The van der Waals surface area contributed by atoms with Crippen LogP contribution in [0.5, 0.6) is 0 Å². The SMILES string of the molecule is c1ccc(-c2ccc(-n3c4ccccc4c4cc(-c5ccc6c(c5)c5ccccc5n6-c5nc(-c6ccccn6)cc(-c6ccccn6)n5)ccc43)cc2)cc1. The van der Waals surface area contributed by atoms with Crippen molar-refractivity contribution in [1.29, 1.82) is 0 Å². The number of pyridine rings is 2. The number of rotatable bonds is 6. The van der Waals surface area contributed by atoms with E-state index >= 15 is 0 Å². The molecule has 0 aliphatic rings. The van der Waals surface area contributed by atoms with Gasteiger partial charge in [0, 0.05) is 39.6 Å². The summed E-state index contributed by atoms with van der Waals surface area (Å²) in [6, 6.07) is 63.8. The van der Waals surface area contributed by atoms with E-state index in [4.69, 9.17) is 9.97 Å². The minimum absolute atomic E-state index is 0.568. The van der Waals surface area contributed by atoms with Gasteiger partial charge in [0.05, 0.1) is 44.8 Å². The Morgan fingerprint density at radius 3 is 1.34 bits per heavy atom. The Bertz CT molecular complexity index is 3160. The Labute approximate surface area is 322 Å². The molecule has 6 heteroatoms. The predicted molar refractivity (Wildman–Crippen MR) is 228 cm³/mol. The van der Waals surface area contributed by atoms with Crippen molar-refractivity contribution in [3.05, 3.63) is 194 Å². The van der Waals surface area contributed by atoms with Crippen molar-refractivity contribution >= 4 is 43.6 Å². The summed E-state index contributed by atoms with van der Waals surface area (Å²) in [6.07, 6.45) is 3.58. The molecule has 5 aromatic heterocycles. The molecule has 262 valence electrons. The Balaban J connectivity index is 1.06. The van der Waals surface area contributed by atoms with Crippen LogP contribution in [0, 0.1) is 0 Å². The average Bonchev–Trinajstić information content (AvgIpc) is 3.79. The van der Waals surface area contributed by atoms with Gasteiger partial charge in [-0.1, -0.05) is 103 Å². The van der Waals surface area contributed by atoms with E-state index in [1.807, 2.05) is 42.5 Å². The molecule has 0 spiro atoms. The number of fused-ring (bicyclic) bond motifs is 6. The van der Waals surface area contributed by atoms with Gasteiger partial charge in [-0.25, -0.2) is 9.97 Å². The second-order valence-corrected chi connectivity index (χ2v) is 14.0. The standard InChI is InChI=1S/C50H32N6/c1-2-12-33(13-3-1)34-20-24-37(25-21-34)55-46-18-6-4-14-38(46)40-30-35(22-26-48(40)55)36-23-27-49-41(31-36)39-15-5-7-19-47(39)56(49)50-53-44(42-16-8-10-28-51-42)32-45(54-50)43-17-9-11-29-52-43/h1-32H. The van der Waals surface area contributed by atoms with Crippen molar-refractivity contribution < 1.29 is 0 Å². The Morgan fingerprint density at radius 1 is 0.304 bits per heavy atom. The Hall–Kier alpha value is -7.70. The van der Waals surface area contributed by atoms with Gasteiger partial charge in [-0.2, -0.15) is 0 Å². The second kappa shape index (κ2) is 13.0. The first kappa shape index (κ1) is 31.8. The van der Waals surface area contributed by atoms with E-state index in [1.54, 1.807) is 12.4 Å². The summed E-state index contributed by atoms with van der Waals surface area (Å²) in [5.74, 6) is 0.568. The normalized spacial score (nSPS) is 11.6. The molecule has 0 unspecified atom stereocenters. The van der Waals surface area contributed by atoms with Crippen LogP contribution in [0.1, 0.15) is 0 Å². The molecule has 0 fully saturated rings. The average molecular weight is 717 g/mol. The lowest BCUT2D eigenvalue weighted by Crippen LogP contribution is -2.04. The van der Waals surface area contributed by atoms with Crippen LogP contribution in [0.15, 0.2) is 194 Å². The minimum Gasteiger partial charge on any atom is -0.309 e. The van der Waals surface area contributed by atoms with Crippen molar-refractivity contribution in [1.82, 2.24) is 29.1 Å². The Kier molecular flexibility index (Phi) is 7.38. The number of hydrogen-bond donors (Lipinski definition) is 0. The summed E-state index contributed by atoms with van der Waals surface area (Å²) in [5.41, 5.74) is 13.3. The quantitative estimate of drug-likeness (QED) is 0.172. The monoisotopic (exact) mass is 716 g/mol. The number of hydrogen-bond acceptors (Lipinski definition) is 4. The van der Waals surface area contributed by atoms with Crippen molar-refractivity contribution in [2.45, 2.75) is 0 Å². The first-order valence-corrected chi connectivity index (χ1v) is 18.7. The molecule has 0 aliphatic heterocycles. The molecule has 11 rings (SSSR count). The molecule has 6 nitrogen and oxygen atoms in total. The van der Waals surface area contributed by atoms with Gasteiger partial charge >= 0.3 is 0 Å². The van der Waals surface area contributed by atoms with E-state index in [0.717, 1.165) is 61.4 Å². The summed E-state index contributed by atoms with van der Waals surface area (Å²) in [6.45, 7) is 0. The summed E-state index contributed by atoms with van der Waals surface area (Å²) >= 11 is 0. The van der Waals surface area contributed by atoms with Crippen molar-refractivity contribution in [3.63, 3.8) is 0 Å². The summed E-state index contributed by atoms with van der Waals surface area (Å²) in [7, 11) is 0. The third-order valence-corrected chi connectivity index (χ3v) is 10.7. The molecule has 0 saturated heterocycles. The zero-order chi connectivity index (χ0) is 37.0. The third kappa shape index (κ3) is 5.27. The summed E-state index contributed by atoms with van der Waals surface area (Å²) in [5, 5.41) is 4.70. The van der Waals surface area contributed by atoms with Crippen LogP contribution in [0.2, 0.25) is 0 Å². The van der Waals surface area contributed by atoms with E-state index in [0.29, 0.717) is 5.95 Å². The van der Waals surface area contributed by atoms with Crippen LogP contribution in [-0.4, -0.2) is 29.1 Å². The van der Waals surface area contributed by atoms with Gasteiger partial charge < -0.3 is 4.57 Å². The van der Waals surface area contributed by atoms with E-state index in [1.165, 1.54) is 32.9 Å². The second-order valence-electron chi connectivity index (χ2n) is 14.0. The summed E-state index contributed by atoms with van der Waals surface area (Å²) < 4.78 is 4.53. The van der Waals surface area contributed by atoms with Gasteiger partial charge in [-0.05, 0) is 101 Å². The maximum Gasteiger partial charge on any atom is 0.235 e. The van der Waals surface area contributed by atoms with Gasteiger partial charge in [0.1, 0.15) is 0 Å². The lowest BCUT2D eigenvalue weighted by Gasteiger charge is -2.11. The highest BCUT2D eigenvalue weighted by atomic mass is 15.2. The molecule has 0 atom stereocenters. The lowest BCUT2D eigenvalue weighted by molar-refractivity contribution is 0.988. The number of aromatic nitrogens is 6.